The van der Waals surface area contributed by atoms with Gasteiger partial charge in [0.05, 0.1) is 4.92 Å². The Morgan fingerprint density at radius 1 is 1.11 bits per heavy atom. The lowest BCUT2D eigenvalue weighted by Crippen LogP contribution is -2.20. The van der Waals surface area contributed by atoms with Crippen LogP contribution in [0.15, 0.2) is 52.9 Å². The van der Waals surface area contributed by atoms with E-state index in [1.807, 2.05) is 0 Å². The molecule has 0 aliphatic carbocycles. The van der Waals surface area contributed by atoms with Crippen molar-refractivity contribution in [3.05, 3.63) is 64.4 Å². The van der Waals surface area contributed by atoms with Crippen molar-refractivity contribution in [2.24, 2.45) is 0 Å². The minimum atomic E-state index is -0.600. The van der Waals surface area contributed by atoms with Crippen molar-refractivity contribution in [1.29, 1.82) is 0 Å². The summed E-state index contributed by atoms with van der Waals surface area (Å²) in [6, 6.07) is 12.3. The zero-order chi connectivity index (χ0) is 20.1. The number of furan rings is 1. The normalized spacial score (nSPS) is 10.6. The molecule has 0 atom stereocenters. The predicted molar refractivity (Wildman–Crippen MR) is 102 cm³/mol. The van der Waals surface area contributed by atoms with Crippen molar-refractivity contribution in [3.8, 4) is 0 Å². The molecule has 3 aromatic rings. The Kier molecular flexibility index (Phi) is 5.66. The van der Waals surface area contributed by atoms with E-state index >= 15 is 0 Å². The number of non-ortho nitro benzene ring substituents is 1. The summed E-state index contributed by atoms with van der Waals surface area (Å²) < 4.78 is 10.7. The Morgan fingerprint density at radius 2 is 1.82 bits per heavy atom. The average Bonchev–Trinajstić information content (AvgIpc) is 3.05. The van der Waals surface area contributed by atoms with Gasteiger partial charge in [0, 0.05) is 29.8 Å². The molecule has 1 heterocycles. The van der Waals surface area contributed by atoms with Gasteiger partial charge in [-0.3, -0.25) is 19.7 Å². The first-order valence-corrected chi connectivity index (χ1v) is 8.44. The monoisotopic (exact) mass is 383 g/mol. The molecule has 28 heavy (non-hydrogen) atoms. The standard InChI is InChI=1S/C19H17N3O6/c1-2-27-11-16(23)21-17-14-5-3-4-6-15(14)28-18(17)19(24)20-12-7-9-13(10-8-12)22(25)26/h3-10H,2,11H2,1H3,(H,20,24)(H,21,23). The second kappa shape index (κ2) is 8.31. The van der Waals surface area contributed by atoms with Crippen molar-refractivity contribution in [3.63, 3.8) is 0 Å². The van der Waals surface area contributed by atoms with Gasteiger partial charge < -0.3 is 19.8 Å². The molecule has 0 spiro atoms. The number of nitro benzene ring substituents is 1. The summed E-state index contributed by atoms with van der Waals surface area (Å²) in [4.78, 5) is 35.0. The van der Waals surface area contributed by atoms with Gasteiger partial charge in [0.15, 0.2) is 0 Å². The van der Waals surface area contributed by atoms with E-state index in [4.69, 9.17) is 9.15 Å². The molecule has 3 rings (SSSR count). The highest BCUT2D eigenvalue weighted by Crippen LogP contribution is 2.31. The Labute approximate surface area is 159 Å². The van der Waals surface area contributed by atoms with E-state index in [1.165, 1.54) is 24.3 Å². The lowest BCUT2D eigenvalue weighted by Gasteiger charge is -2.07. The van der Waals surface area contributed by atoms with Gasteiger partial charge >= 0.3 is 0 Å². The number of nitrogens with zero attached hydrogens (tertiary/aromatic N) is 1. The highest BCUT2D eigenvalue weighted by atomic mass is 16.6. The average molecular weight is 383 g/mol. The maximum Gasteiger partial charge on any atom is 0.293 e. The number of para-hydroxylation sites is 1. The third-order valence-electron chi connectivity index (χ3n) is 3.84. The second-order valence-electron chi connectivity index (χ2n) is 5.75. The first-order chi connectivity index (χ1) is 13.5. The van der Waals surface area contributed by atoms with E-state index in [-0.39, 0.29) is 23.7 Å². The largest absolute Gasteiger partial charge is 0.449 e. The molecule has 9 heteroatoms. The third-order valence-corrected chi connectivity index (χ3v) is 3.84. The van der Waals surface area contributed by atoms with Gasteiger partial charge in [-0.05, 0) is 31.2 Å². The van der Waals surface area contributed by atoms with Crippen LogP contribution in [-0.4, -0.2) is 30.0 Å². The molecule has 0 saturated heterocycles. The zero-order valence-electron chi connectivity index (χ0n) is 14.9. The molecule has 0 aliphatic heterocycles. The maximum atomic E-state index is 12.7. The number of benzene rings is 2. The second-order valence-corrected chi connectivity index (χ2v) is 5.75. The Morgan fingerprint density at radius 3 is 2.50 bits per heavy atom. The van der Waals surface area contributed by atoms with Gasteiger partial charge in [-0.1, -0.05) is 12.1 Å². The van der Waals surface area contributed by atoms with Crippen LogP contribution in [0.4, 0.5) is 17.1 Å². The first kappa shape index (κ1) is 19.1. The summed E-state index contributed by atoms with van der Waals surface area (Å²) in [5, 5.41) is 16.6. The molecular formula is C19H17N3O6. The SMILES string of the molecule is CCOCC(=O)Nc1c(C(=O)Nc2ccc([N+](=O)[O-])cc2)oc2ccccc12. The summed E-state index contributed by atoms with van der Waals surface area (Å²) in [6.45, 7) is 2.00. The minimum absolute atomic E-state index is 0.0793. The van der Waals surface area contributed by atoms with Crippen molar-refractivity contribution in [2.75, 3.05) is 23.8 Å². The number of carbonyl (C=O) groups is 2. The number of anilines is 2. The number of carbonyl (C=O) groups excluding carboxylic acids is 2. The number of nitrogens with one attached hydrogen (secondary N) is 2. The third kappa shape index (κ3) is 4.15. The molecule has 9 nitrogen and oxygen atoms in total. The Bertz CT molecular complexity index is 1030. The van der Waals surface area contributed by atoms with Gasteiger partial charge in [0.1, 0.15) is 17.9 Å². The number of rotatable bonds is 7. The van der Waals surface area contributed by atoms with Crippen LogP contribution in [0.2, 0.25) is 0 Å². The summed E-state index contributed by atoms with van der Waals surface area (Å²) in [5.74, 6) is -1.10. The van der Waals surface area contributed by atoms with Crippen LogP contribution in [-0.2, 0) is 9.53 Å². The van der Waals surface area contributed by atoms with E-state index in [0.717, 1.165) is 0 Å². The van der Waals surface area contributed by atoms with Crippen LogP contribution >= 0.6 is 0 Å². The molecule has 0 saturated carbocycles. The first-order valence-electron chi connectivity index (χ1n) is 8.44. The fourth-order valence-corrected chi connectivity index (χ4v) is 2.55. The molecule has 1 aromatic heterocycles. The quantitative estimate of drug-likeness (QED) is 0.475. The molecule has 144 valence electrons. The van der Waals surface area contributed by atoms with Gasteiger partial charge in [-0.15, -0.1) is 0 Å². The van der Waals surface area contributed by atoms with Gasteiger partial charge in [0.25, 0.3) is 11.6 Å². The van der Waals surface area contributed by atoms with Crippen molar-refractivity contribution >= 4 is 39.8 Å². The highest BCUT2D eigenvalue weighted by Gasteiger charge is 2.22. The number of fused-ring (bicyclic) bond motifs is 1. The summed E-state index contributed by atoms with van der Waals surface area (Å²) in [5.41, 5.74) is 0.927. The van der Waals surface area contributed by atoms with Crippen molar-refractivity contribution in [1.82, 2.24) is 0 Å². The molecular weight excluding hydrogens is 366 g/mol. The molecule has 0 bridgehead atoms. The van der Waals surface area contributed by atoms with E-state index in [9.17, 15) is 19.7 Å². The van der Waals surface area contributed by atoms with E-state index in [1.54, 1.807) is 31.2 Å². The van der Waals surface area contributed by atoms with Gasteiger partial charge in [-0.2, -0.15) is 0 Å². The van der Waals surface area contributed by atoms with E-state index < -0.39 is 16.7 Å². The molecule has 0 fully saturated rings. The predicted octanol–water partition coefficient (Wildman–Crippen LogP) is 3.57. The molecule has 2 N–H and O–H groups in total. The highest BCUT2D eigenvalue weighted by molar-refractivity contribution is 6.14. The van der Waals surface area contributed by atoms with Gasteiger partial charge in [-0.25, -0.2) is 0 Å². The maximum absolute atomic E-state index is 12.7. The molecule has 2 amide bonds. The number of hydrogen-bond donors (Lipinski definition) is 2. The molecule has 2 aromatic carbocycles. The van der Waals surface area contributed by atoms with Crippen molar-refractivity contribution < 1.29 is 23.7 Å². The van der Waals surface area contributed by atoms with E-state index in [2.05, 4.69) is 10.6 Å². The number of ether oxygens (including phenoxy) is 1. The van der Waals surface area contributed by atoms with Crippen LogP contribution in [0.5, 0.6) is 0 Å². The van der Waals surface area contributed by atoms with Gasteiger partial charge in [0.2, 0.25) is 11.7 Å². The lowest BCUT2D eigenvalue weighted by atomic mass is 10.2. The van der Waals surface area contributed by atoms with E-state index in [0.29, 0.717) is 23.3 Å². The topological polar surface area (TPSA) is 124 Å². The summed E-state index contributed by atoms with van der Waals surface area (Å²) in [7, 11) is 0. The molecule has 0 radical (unpaired) electrons. The Hall–Kier alpha value is -3.72. The fourth-order valence-electron chi connectivity index (χ4n) is 2.55. The smallest absolute Gasteiger partial charge is 0.293 e. The Balaban J connectivity index is 1.88. The van der Waals surface area contributed by atoms with Crippen LogP contribution in [0.3, 0.4) is 0 Å². The molecule has 0 aliphatic rings. The number of amides is 2. The summed E-state index contributed by atoms with van der Waals surface area (Å²) in [6.07, 6.45) is 0. The number of nitro groups is 1. The minimum Gasteiger partial charge on any atom is -0.449 e. The molecule has 0 unspecified atom stereocenters. The summed E-state index contributed by atoms with van der Waals surface area (Å²) >= 11 is 0. The lowest BCUT2D eigenvalue weighted by molar-refractivity contribution is -0.384. The van der Waals surface area contributed by atoms with Crippen LogP contribution < -0.4 is 10.6 Å². The van der Waals surface area contributed by atoms with Crippen LogP contribution in [0, 0.1) is 10.1 Å². The zero-order valence-corrected chi connectivity index (χ0v) is 14.9. The fraction of sp³-hybridized carbons (Fsp3) is 0.158. The van der Waals surface area contributed by atoms with Crippen molar-refractivity contribution in [2.45, 2.75) is 6.92 Å². The number of hydrogen-bond acceptors (Lipinski definition) is 6. The van der Waals surface area contributed by atoms with Crippen LogP contribution in [0.1, 0.15) is 17.5 Å². The van der Waals surface area contributed by atoms with Crippen LogP contribution in [0.25, 0.3) is 11.0 Å².